The summed E-state index contributed by atoms with van der Waals surface area (Å²) >= 11 is 6.04. The van der Waals surface area contributed by atoms with Gasteiger partial charge in [0.05, 0.1) is 24.3 Å². The highest BCUT2D eigenvalue weighted by Gasteiger charge is 2.32. The average Bonchev–Trinajstić information content (AvgIpc) is 3.34. The van der Waals surface area contributed by atoms with Gasteiger partial charge in [0.25, 0.3) is 5.88 Å². The van der Waals surface area contributed by atoms with Crippen LogP contribution in [0.25, 0.3) is 11.2 Å². The predicted octanol–water partition coefficient (Wildman–Crippen LogP) is 5.94. The summed E-state index contributed by atoms with van der Waals surface area (Å²) in [5, 5.41) is 10.2. The molecule has 2 aliphatic rings. The predicted molar refractivity (Wildman–Crippen MR) is 148 cm³/mol. The summed E-state index contributed by atoms with van der Waals surface area (Å²) < 4.78 is 14.3. The van der Waals surface area contributed by atoms with Gasteiger partial charge in [-0.05, 0) is 36.3 Å². The van der Waals surface area contributed by atoms with Crippen LogP contribution in [0.4, 0.5) is 5.95 Å². The highest BCUT2D eigenvalue weighted by molar-refractivity contribution is 6.30. The summed E-state index contributed by atoms with van der Waals surface area (Å²) in [6.07, 6.45) is 6.24. The number of imidazole rings is 1. The molecule has 1 atom stereocenters. The van der Waals surface area contributed by atoms with E-state index in [1.54, 1.807) is 12.1 Å². The fraction of sp³-hybridized carbons (Fsp3) is 0.414. The third kappa shape index (κ3) is 5.40. The number of hydrogen-bond acceptors (Lipinski definition) is 8. The Balaban J connectivity index is 1.49. The van der Waals surface area contributed by atoms with Gasteiger partial charge < -0.3 is 18.9 Å². The molecule has 1 saturated carbocycles. The quantitative estimate of drug-likeness (QED) is 0.294. The van der Waals surface area contributed by atoms with Crippen molar-refractivity contribution in [1.82, 2.24) is 24.5 Å². The lowest BCUT2D eigenvalue weighted by Crippen LogP contribution is -2.41. The van der Waals surface area contributed by atoms with Crippen LogP contribution in [0.1, 0.15) is 50.0 Å². The van der Waals surface area contributed by atoms with Gasteiger partial charge >= 0.3 is 0 Å². The molecule has 1 aliphatic carbocycles. The van der Waals surface area contributed by atoms with Crippen LogP contribution in [0, 0.1) is 23.2 Å². The van der Waals surface area contributed by atoms with Crippen molar-refractivity contribution >= 4 is 28.7 Å². The molecular formula is C29H30ClN7O2. The molecule has 0 amide bonds. The number of pyridine rings is 1. The van der Waals surface area contributed by atoms with E-state index in [1.807, 2.05) is 18.2 Å². The summed E-state index contributed by atoms with van der Waals surface area (Å²) in [5.74, 6) is 2.62. The normalized spacial score (nSPS) is 21.6. The van der Waals surface area contributed by atoms with E-state index < -0.39 is 0 Å². The smallest absolute Gasteiger partial charge is 0.251 e. The van der Waals surface area contributed by atoms with Crippen LogP contribution in [-0.2, 0) is 11.3 Å². The summed E-state index contributed by atoms with van der Waals surface area (Å²) in [6, 6.07) is 15.8. The fourth-order valence-corrected chi connectivity index (χ4v) is 5.70. The number of nitrogens with zero attached hydrogens (tertiary/aromatic N) is 7. The molecule has 4 aromatic rings. The van der Waals surface area contributed by atoms with Crippen molar-refractivity contribution in [2.75, 3.05) is 24.7 Å². The van der Waals surface area contributed by atoms with Crippen molar-refractivity contribution < 1.29 is 9.47 Å². The first-order chi connectivity index (χ1) is 19.1. The molecule has 9 nitrogen and oxygen atoms in total. The van der Waals surface area contributed by atoms with Crippen molar-refractivity contribution in [2.45, 2.75) is 45.2 Å². The van der Waals surface area contributed by atoms with Gasteiger partial charge in [0.1, 0.15) is 6.07 Å². The van der Waals surface area contributed by atoms with Gasteiger partial charge in [-0.15, -0.1) is 0 Å². The molecule has 4 heterocycles. The van der Waals surface area contributed by atoms with Crippen LogP contribution in [-0.4, -0.2) is 44.3 Å². The van der Waals surface area contributed by atoms with Gasteiger partial charge in [0, 0.05) is 25.4 Å². The second-order valence-corrected chi connectivity index (χ2v) is 10.8. The number of benzene rings is 1. The van der Waals surface area contributed by atoms with Crippen LogP contribution < -0.4 is 9.64 Å². The SMILES string of the molecule is C[C@H]1CC[C@H](Cn2c(N3CCOC[C@H]3c3ccccc3)nc3nc(C#N)nc(Oc4ccc(Cl)cn4)c32)CC1. The minimum Gasteiger partial charge on any atom is -0.418 e. The number of halogens is 1. The number of fused-ring (bicyclic) bond motifs is 1. The first kappa shape index (κ1) is 25.5. The summed E-state index contributed by atoms with van der Waals surface area (Å²) in [7, 11) is 0. The number of nitriles is 1. The summed E-state index contributed by atoms with van der Waals surface area (Å²) in [5.41, 5.74) is 2.26. The number of morpholine rings is 1. The van der Waals surface area contributed by atoms with Crippen LogP contribution in [0.15, 0.2) is 48.7 Å². The van der Waals surface area contributed by atoms with Gasteiger partial charge in [-0.1, -0.05) is 61.7 Å². The Bertz CT molecular complexity index is 1480. The fourth-order valence-electron chi connectivity index (χ4n) is 5.59. The van der Waals surface area contributed by atoms with Crippen LogP contribution in [0.5, 0.6) is 11.8 Å². The van der Waals surface area contributed by atoms with Crippen LogP contribution in [0.2, 0.25) is 5.02 Å². The van der Waals surface area contributed by atoms with Gasteiger partial charge in [0.2, 0.25) is 17.7 Å². The zero-order chi connectivity index (χ0) is 26.8. The molecule has 3 aromatic heterocycles. The molecule has 0 N–H and O–H groups in total. The minimum atomic E-state index is -0.00686. The number of rotatable bonds is 6. The topological polar surface area (TPSA) is 102 Å². The second-order valence-electron chi connectivity index (χ2n) is 10.4. The van der Waals surface area contributed by atoms with Crippen LogP contribution in [0.3, 0.4) is 0 Å². The molecule has 2 fully saturated rings. The van der Waals surface area contributed by atoms with E-state index in [1.165, 1.54) is 19.0 Å². The van der Waals surface area contributed by atoms with E-state index in [0.717, 1.165) is 36.8 Å². The third-order valence-corrected chi connectivity index (χ3v) is 7.92. The molecule has 10 heteroatoms. The minimum absolute atomic E-state index is 0.00394. The monoisotopic (exact) mass is 543 g/mol. The molecular weight excluding hydrogens is 514 g/mol. The largest absolute Gasteiger partial charge is 0.418 e. The lowest BCUT2D eigenvalue weighted by Gasteiger charge is -2.37. The maximum absolute atomic E-state index is 9.70. The maximum atomic E-state index is 9.70. The lowest BCUT2D eigenvalue weighted by atomic mass is 9.83. The molecule has 6 rings (SSSR count). The van der Waals surface area contributed by atoms with E-state index in [0.29, 0.717) is 47.7 Å². The van der Waals surface area contributed by atoms with Crippen molar-refractivity contribution in [1.29, 1.82) is 5.26 Å². The second kappa shape index (κ2) is 11.2. The van der Waals surface area contributed by atoms with Crippen LogP contribution >= 0.6 is 11.6 Å². The molecule has 200 valence electrons. The van der Waals surface area contributed by atoms with Crippen molar-refractivity contribution in [2.24, 2.45) is 11.8 Å². The van der Waals surface area contributed by atoms with Crippen molar-refractivity contribution in [3.8, 4) is 17.8 Å². The molecule has 39 heavy (non-hydrogen) atoms. The Morgan fingerprint density at radius 2 is 1.90 bits per heavy atom. The molecule has 0 bridgehead atoms. The van der Waals surface area contributed by atoms with Gasteiger partial charge in [-0.3, -0.25) is 0 Å². The number of anilines is 1. The van der Waals surface area contributed by atoms with Gasteiger partial charge in [-0.25, -0.2) is 4.98 Å². The summed E-state index contributed by atoms with van der Waals surface area (Å²) in [6.45, 7) is 4.92. The van der Waals surface area contributed by atoms with E-state index in [-0.39, 0.29) is 17.7 Å². The third-order valence-electron chi connectivity index (χ3n) is 7.70. The Hall–Kier alpha value is -3.74. The molecule has 0 unspecified atom stereocenters. The molecule has 1 aliphatic heterocycles. The van der Waals surface area contributed by atoms with Gasteiger partial charge in [-0.2, -0.15) is 20.2 Å². The zero-order valence-corrected chi connectivity index (χ0v) is 22.6. The lowest BCUT2D eigenvalue weighted by molar-refractivity contribution is 0.0927. The number of ether oxygens (including phenoxy) is 2. The number of aromatic nitrogens is 5. The van der Waals surface area contributed by atoms with E-state index in [4.69, 9.17) is 26.1 Å². The molecule has 0 radical (unpaired) electrons. The molecule has 0 spiro atoms. The van der Waals surface area contributed by atoms with E-state index >= 15 is 0 Å². The molecule has 1 aromatic carbocycles. The highest BCUT2D eigenvalue weighted by atomic mass is 35.5. The zero-order valence-electron chi connectivity index (χ0n) is 21.8. The van der Waals surface area contributed by atoms with Crippen molar-refractivity contribution in [3.05, 3.63) is 65.1 Å². The van der Waals surface area contributed by atoms with E-state index in [2.05, 4.69) is 49.5 Å². The maximum Gasteiger partial charge on any atom is 0.251 e. The Labute approximate surface area is 232 Å². The van der Waals surface area contributed by atoms with Gasteiger partial charge in [0.15, 0.2) is 11.2 Å². The number of hydrogen-bond donors (Lipinski definition) is 0. The molecule has 1 saturated heterocycles. The Kier molecular flexibility index (Phi) is 7.31. The first-order valence-electron chi connectivity index (χ1n) is 13.5. The Morgan fingerprint density at radius 3 is 2.64 bits per heavy atom. The first-order valence-corrected chi connectivity index (χ1v) is 13.8. The van der Waals surface area contributed by atoms with E-state index in [9.17, 15) is 5.26 Å². The standard InChI is InChI=1S/C29H30ClN7O2/c1-19-7-9-20(10-8-19)17-37-26-27(33-24(15-31)34-28(26)39-25-12-11-22(30)16-32-25)35-29(37)36-13-14-38-18-23(36)21-5-3-2-4-6-21/h2-6,11-12,16,19-20,23H,7-10,13-14,17-18H2,1H3/t19-,20-,23-/m0/s1. The Morgan fingerprint density at radius 1 is 1.08 bits per heavy atom. The summed E-state index contributed by atoms with van der Waals surface area (Å²) in [4.78, 5) is 20.6. The van der Waals surface area contributed by atoms with Crippen molar-refractivity contribution in [3.63, 3.8) is 0 Å². The highest BCUT2D eigenvalue weighted by Crippen LogP contribution is 2.38. The average molecular weight is 544 g/mol.